The maximum atomic E-state index is 13.3. The summed E-state index contributed by atoms with van der Waals surface area (Å²) < 4.78 is 15.3. The standard InChI is InChI=1S/C11H12ClFN2/c1-7-5-10-9(6-8(7)13)14-11(3-4-12)15(10)2/h5-6H,3-4H2,1-2H3. The Hall–Kier alpha value is -1.09. The maximum Gasteiger partial charge on any atom is 0.128 e. The first-order chi connectivity index (χ1) is 7.13. The van der Waals surface area contributed by atoms with Crippen LogP contribution in [0.4, 0.5) is 4.39 Å². The fraction of sp³-hybridized carbons (Fsp3) is 0.364. The van der Waals surface area contributed by atoms with E-state index in [1.165, 1.54) is 6.07 Å². The fourth-order valence-corrected chi connectivity index (χ4v) is 1.84. The Morgan fingerprint density at radius 1 is 1.47 bits per heavy atom. The zero-order chi connectivity index (χ0) is 11.0. The number of hydrogen-bond donors (Lipinski definition) is 0. The average Bonchev–Trinajstić information content (AvgIpc) is 2.47. The van der Waals surface area contributed by atoms with Gasteiger partial charge in [0.1, 0.15) is 11.6 Å². The third-order valence-electron chi connectivity index (χ3n) is 2.57. The molecular weight excluding hydrogens is 215 g/mol. The molecule has 1 heterocycles. The van der Waals surface area contributed by atoms with Crippen LogP contribution >= 0.6 is 11.6 Å². The van der Waals surface area contributed by atoms with Crippen molar-refractivity contribution in [3.05, 3.63) is 29.3 Å². The van der Waals surface area contributed by atoms with E-state index in [4.69, 9.17) is 11.6 Å². The number of halogens is 2. The molecule has 2 aromatic rings. The van der Waals surface area contributed by atoms with E-state index < -0.39 is 0 Å². The van der Waals surface area contributed by atoms with Crippen molar-refractivity contribution in [2.75, 3.05) is 5.88 Å². The van der Waals surface area contributed by atoms with Gasteiger partial charge < -0.3 is 4.57 Å². The normalized spacial score (nSPS) is 11.2. The summed E-state index contributed by atoms with van der Waals surface area (Å²) in [6, 6.07) is 3.29. The number of aryl methyl sites for hydroxylation is 3. The fourth-order valence-electron chi connectivity index (χ4n) is 1.68. The molecule has 0 aliphatic heterocycles. The van der Waals surface area contributed by atoms with Gasteiger partial charge in [-0.25, -0.2) is 9.37 Å². The van der Waals surface area contributed by atoms with E-state index in [0.717, 1.165) is 11.3 Å². The lowest BCUT2D eigenvalue weighted by molar-refractivity contribution is 0.620. The Labute approximate surface area is 92.7 Å². The van der Waals surface area contributed by atoms with Crippen LogP contribution in [0.1, 0.15) is 11.4 Å². The second kappa shape index (κ2) is 3.81. The molecule has 0 saturated carbocycles. The van der Waals surface area contributed by atoms with Crippen molar-refractivity contribution >= 4 is 22.6 Å². The number of alkyl halides is 1. The summed E-state index contributed by atoms with van der Waals surface area (Å²) in [5, 5.41) is 0. The average molecular weight is 227 g/mol. The Bertz CT molecular complexity index is 505. The molecule has 0 aliphatic rings. The lowest BCUT2D eigenvalue weighted by Crippen LogP contribution is -1.98. The smallest absolute Gasteiger partial charge is 0.128 e. The molecule has 0 radical (unpaired) electrons. The molecule has 0 spiro atoms. The highest BCUT2D eigenvalue weighted by Gasteiger charge is 2.09. The van der Waals surface area contributed by atoms with Gasteiger partial charge in [0.05, 0.1) is 11.0 Å². The van der Waals surface area contributed by atoms with Gasteiger partial charge in [-0.1, -0.05) is 0 Å². The molecule has 0 fully saturated rings. The van der Waals surface area contributed by atoms with Crippen molar-refractivity contribution in [1.29, 1.82) is 0 Å². The van der Waals surface area contributed by atoms with Gasteiger partial charge in [-0.3, -0.25) is 0 Å². The lowest BCUT2D eigenvalue weighted by Gasteiger charge is -2.00. The van der Waals surface area contributed by atoms with E-state index in [-0.39, 0.29) is 5.82 Å². The Balaban J connectivity index is 2.66. The molecule has 1 aromatic carbocycles. The quantitative estimate of drug-likeness (QED) is 0.720. The molecule has 80 valence electrons. The van der Waals surface area contributed by atoms with Crippen LogP contribution in [0.25, 0.3) is 11.0 Å². The van der Waals surface area contributed by atoms with Gasteiger partial charge in [0.15, 0.2) is 0 Å². The van der Waals surface area contributed by atoms with Gasteiger partial charge in [-0.15, -0.1) is 11.6 Å². The molecule has 0 aliphatic carbocycles. The van der Waals surface area contributed by atoms with Gasteiger partial charge in [0.25, 0.3) is 0 Å². The molecular formula is C11H12ClFN2. The minimum Gasteiger partial charge on any atom is -0.331 e. The van der Waals surface area contributed by atoms with Gasteiger partial charge in [0, 0.05) is 25.4 Å². The van der Waals surface area contributed by atoms with Crippen molar-refractivity contribution in [2.45, 2.75) is 13.3 Å². The summed E-state index contributed by atoms with van der Waals surface area (Å²) in [7, 11) is 1.93. The Morgan fingerprint density at radius 2 is 2.20 bits per heavy atom. The largest absolute Gasteiger partial charge is 0.331 e. The first kappa shape index (κ1) is 10.4. The van der Waals surface area contributed by atoms with Crippen LogP contribution in [0.15, 0.2) is 12.1 Å². The van der Waals surface area contributed by atoms with Gasteiger partial charge in [0.2, 0.25) is 0 Å². The highest BCUT2D eigenvalue weighted by atomic mass is 35.5. The van der Waals surface area contributed by atoms with Crippen molar-refractivity contribution in [1.82, 2.24) is 9.55 Å². The zero-order valence-electron chi connectivity index (χ0n) is 8.72. The number of hydrogen-bond acceptors (Lipinski definition) is 1. The maximum absolute atomic E-state index is 13.3. The van der Waals surface area contributed by atoms with Crippen LogP contribution in [0.5, 0.6) is 0 Å². The molecule has 2 nitrogen and oxygen atoms in total. The molecule has 1 aromatic heterocycles. The zero-order valence-corrected chi connectivity index (χ0v) is 9.48. The van der Waals surface area contributed by atoms with Crippen LogP contribution in [0, 0.1) is 12.7 Å². The number of fused-ring (bicyclic) bond motifs is 1. The predicted molar refractivity (Wildman–Crippen MR) is 59.8 cm³/mol. The number of imidazole rings is 1. The van der Waals surface area contributed by atoms with Crippen LogP contribution in [-0.2, 0) is 13.5 Å². The molecule has 0 bridgehead atoms. The van der Waals surface area contributed by atoms with Crippen LogP contribution < -0.4 is 0 Å². The topological polar surface area (TPSA) is 17.8 Å². The second-order valence-corrected chi connectivity index (χ2v) is 3.99. The number of rotatable bonds is 2. The molecule has 2 rings (SSSR count). The van der Waals surface area contributed by atoms with Gasteiger partial charge in [-0.05, 0) is 18.6 Å². The van der Waals surface area contributed by atoms with Gasteiger partial charge in [-0.2, -0.15) is 0 Å². The summed E-state index contributed by atoms with van der Waals surface area (Å²) in [5.41, 5.74) is 2.29. The first-order valence-corrected chi connectivity index (χ1v) is 5.34. The third kappa shape index (κ3) is 1.72. The second-order valence-electron chi connectivity index (χ2n) is 3.62. The molecule has 0 N–H and O–H groups in total. The number of aromatic nitrogens is 2. The summed E-state index contributed by atoms with van der Waals surface area (Å²) in [6.45, 7) is 1.75. The Morgan fingerprint density at radius 3 is 2.87 bits per heavy atom. The highest BCUT2D eigenvalue weighted by molar-refractivity contribution is 6.17. The summed E-state index contributed by atoms with van der Waals surface area (Å²) in [5.74, 6) is 1.21. The molecule has 0 unspecified atom stereocenters. The van der Waals surface area contributed by atoms with E-state index in [1.54, 1.807) is 6.92 Å². The predicted octanol–water partition coefficient (Wildman–Crippen LogP) is 2.80. The van der Waals surface area contributed by atoms with E-state index >= 15 is 0 Å². The summed E-state index contributed by atoms with van der Waals surface area (Å²) >= 11 is 5.67. The number of benzene rings is 1. The van der Waals surface area contributed by atoms with E-state index in [0.29, 0.717) is 23.4 Å². The van der Waals surface area contributed by atoms with Crippen molar-refractivity contribution in [2.24, 2.45) is 7.05 Å². The van der Waals surface area contributed by atoms with Crippen molar-refractivity contribution in [3.63, 3.8) is 0 Å². The molecule has 0 amide bonds. The first-order valence-electron chi connectivity index (χ1n) is 4.81. The van der Waals surface area contributed by atoms with Crippen molar-refractivity contribution < 1.29 is 4.39 Å². The van der Waals surface area contributed by atoms with Crippen LogP contribution in [0.3, 0.4) is 0 Å². The minimum absolute atomic E-state index is 0.210. The molecule has 0 saturated heterocycles. The monoisotopic (exact) mass is 226 g/mol. The van der Waals surface area contributed by atoms with E-state index in [9.17, 15) is 4.39 Å². The highest BCUT2D eigenvalue weighted by Crippen LogP contribution is 2.19. The van der Waals surface area contributed by atoms with Crippen LogP contribution in [-0.4, -0.2) is 15.4 Å². The lowest BCUT2D eigenvalue weighted by atomic mass is 10.2. The summed E-state index contributed by atoms with van der Waals surface area (Å²) in [6.07, 6.45) is 0.702. The SMILES string of the molecule is Cc1cc2c(cc1F)nc(CCCl)n2C. The van der Waals surface area contributed by atoms with E-state index in [1.807, 2.05) is 17.7 Å². The molecule has 0 atom stereocenters. The van der Waals surface area contributed by atoms with Crippen LogP contribution in [0.2, 0.25) is 0 Å². The molecule has 4 heteroatoms. The van der Waals surface area contributed by atoms with Gasteiger partial charge >= 0.3 is 0 Å². The molecule has 15 heavy (non-hydrogen) atoms. The minimum atomic E-state index is -0.210. The van der Waals surface area contributed by atoms with Crippen molar-refractivity contribution in [3.8, 4) is 0 Å². The van der Waals surface area contributed by atoms with E-state index in [2.05, 4.69) is 4.98 Å². The third-order valence-corrected chi connectivity index (χ3v) is 2.76. The Kier molecular flexibility index (Phi) is 2.65. The summed E-state index contributed by atoms with van der Waals surface area (Å²) in [4.78, 5) is 4.34. The number of nitrogens with zero attached hydrogens (tertiary/aromatic N) is 2.